The minimum Gasteiger partial charge on any atom is -0.302 e. The van der Waals surface area contributed by atoms with E-state index in [0.29, 0.717) is 18.2 Å². The molecule has 1 aliphatic carbocycles. The first-order valence-corrected chi connectivity index (χ1v) is 8.66. The van der Waals surface area contributed by atoms with Crippen molar-refractivity contribution in [3.05, 3.63) is 0 Å². The van der Waals surface area contributed by atoms with Crippen LogP contribution in [0.25, 0.3) is 0 Å². The molecule has 2 heterocycles. The summed E-state index contributed by atoms with van der Waals surface area (Å²) >= 11 is 6.12. The van der Waals surface area contributed by atoms with Gasteiger partial charge in [-0.2, -0.15) is 5.48 Å². The second-order valence-corrected chi connectivity index (χ2v) is 7.08. The fourth-order valence-corrected chi connectivity index (χ4v) is 3.84. The highest BCUT2D eigenvalue weighted by Crippen LogP contribution is 2.31. The van der Waals surface area contributed by atoms with E-state index in [9.17, 15) is 0 Å². The van der Waals surface area contributed by atoms with Crippen molar-refractivity contribution in [2.45, 2.75) is 63.1 Å². The highest BCUT2D eigenvalue weighted by Gasteiger charge is 2.32. The van der Waals surface area contributed by atoms with Crippen molar-refractivity contribution in [3.8, 4) is 0 Å². The minimum absolute atomic E-state index is 0.0843. The number of alkyl halides is 1. The van der Waals surface area contributed by atoms with Crippen molar-refractivity contribution in [1.29, 1.82) is 0 Å². The highest BCUT2D eigenvalue weighted by molar-refractivity contribution is 6.20. The molecule has 3 aliphatic rings. The molecule has 4 unspecified atom stereocenters. The lowest BCUT2D eigenvalue weighted by molar-refractivity contribution is 0.0251. The molecule has 5 N–H and O–H groups in total. The molecular formula is C14H28ClN5O. The third kappa shape index (κ3) is 4.51. The van der Waals surface area contributed by atoms with Crippen LogP contribution in [0.4, 0.5) is 0 Å². The summed E-state index contributed by atoms with van der Waals surface area (Å²) in [5.41, 5.74) is 3.21. The first kappa shape index (κ1) is 15.9. The Hall–Kier alpha value is 0.0500. The average Bonchev–Trinajstić information content (AvgIpc) is 2.92. The quantitative estimate of drug-likeness (QED) is 0.387. The molecule has 0 radical (unpaired) electrons. The van der Waals surface area contributed by atoms with E-state index in [-0.39, 0.29) is 11.7 Å². The fraction of sp³-hybridized carbons (Fsp3) is 1.00. The van der Waals surface area contributed by atoms with Crippen LogP contribution in [0, 0.1) is 11.8 Å². The maximum Gasteiger partial charge on any atom is 0.128 e. The molecule has 0 bridgehead atoms. The monoisotopic (exact) mass is 317 g/mol. The smallest absolute Gasteiger partial charge is 0.128 e. The summed E-state index contributed by atoms with van der Waals surface area (Å²) in [6.07, 6.45) is 6.86. The zero-order valence-electron chi connectivity index (χ0n) is 12.7. The number of halogens is 1. The Labute approximate surface area is 132 Å². The molecular weight excluding hydrogens is 290 g/mol. The average molecular weight is 318 g/mol. The Kier molecular flexibility index (Phi) is 5.72. The van der Waals surface area contributed by atoms with Crippen molar-refractivity contribution in [1.82, 2.24) is 26.7 Å². The second-order valence-electron chi connectivity index (χ2n) is 6.55. The number of nitrogens with one attached hydrogen (secondary N) is 5. The van der Waals surface area contributed by atoms with Crippen LogP contribution in [0.2, 0.25) is 0 Å². The molecule has 21 heavy (non-hydrogen) atoms. The molecule has 2 saturated heterocycles. The van der Waals surface area contributed by atoms with Gasteiger partial charge in [0.05, 0.1) is 17.8 Å². The number of hydrogen-bond donors (Lipinski definition) is 5. The minimum atomic E-state index is 0.0843. The van der Waals surface area contributed by atoms with Crippen molar-refractivity contribution in [2.24, 2.45) is 11.8 Å². The van der Waals surface area contributed by atoms with Gasteiger partial charge in [-0.05, 0) is 51.0 Å². The summed E-state index contributed by atoms with van der Waals surface area (Å²) in [6.45, 7) is 3.92. The standard InChI is InChI=1S/C14H28ClN5O/c1-9-19-14(20-21-9)11-4-2-10(3-5-11)7-16-13-6-12(15)17-8-18-13/h9-14,16-20H,2-8H2,1H3. The third-order valence-corrected chi connectivity index (χ3v) is 5.25. The van der Waals surface area contributed by atoms with Crippen molar-refractivity contribution >= 4 is 11.6 Å². The van der Waals surface area contributed by atoms with Crippen LogP contribution >= 0.6 is 11.6 Å². The molecule has 0 aromatic carbocycles. The Balaban J connectivity index is 1.34. The molecule has 0 amide bonds. The summed E-state index contributed by atoms with van der Waals surface area (Å²) in [5, 5.41) is 13.7. The molecule has 2 aliphatic heterocycles. The SMILES string of the molecule is CC1NC(C2CCC(CNC3CC(Cl)NCN3)CC2)NO1. The van der Waals surface area contributed by atoms with Gasteiger partial charge >= 0.3 is 0 Å². The summed E-state index contributed by atoms with van der Waals surface area (Å²) in [6, 6.07) is 0. The topological polar surface area (TPSA) is 69.4 Å². The van der Waals surface area contributed by atoms with Crippen LogP contribution in [0.3, 0.4) is 0 Å². The molecule has 0 spiro atoms. The van der Waals surface area contributed by atoms with Gasteiger partial charge < -0.3 is 5.32 Å². The molecule has 122 valence electrons. The van der Waals surface area contributed by atoms with Gasteiger partial charge in [-0.3, -0.25) is 20.8 Å². The Morgan fingerprint density at radius 2 is 2.00 bits per heavy atom. The van der Waals surface area contributed by atoms with Crippen LogP contribution in [-0.2, 0) is 4.84 Å². The van der Waals surface area contributed by atoms with Gasteiger partial charge in [0, 0.05) is 13.1 Å². The van der Waals surface area contributed by atoms with E-state index in [4.69, 9.17) is 16.4 Å². The van der Waals surface area contributed by atoms with E-state index in [0.717, 1.165) is 25.6 Å². The molecule has 4 atom stereocenters. The Morgan fingerprint density at radius 1 is 1.19 bits per heavy atom. The van der Waals surface area contributed by atoms with Crippen molar-refractivity contribution in [3.63, 3.8) is 0 Å². The van der Waals surface area contributed by atoms with Crippen LogP contribution < -0.4 is 26.7 Å². The van der Waals surface area contributed by atoms with E-state index in [1.165, 1.54) is 25.7 Å². The molecule has 0 aromatic heterocycles. The van der Waals surface area contributed by atoms with E-state index in [2.05, 4.69) is 26.7 Å². The van der Waals surface area contributed by atoms with E-state index >= 15 is 0 Å². The van der Waals surface area contributed by atoms with E-state index in [1.807, 2.05) is 6.92 Å². The first-order valence-electron chi connectivity index (χ1n) is 8.22. The normalized spacial score (nSPS) is 44.9. The van der Waals surface area contributed by atoms with Gasteiger partial charge in [0.1, 0.15) is 6.23 Å². The van der Waals surface area contributed by atoms with Gasteiger partial charge in [-0.15, -0.1) is 11.6 Å². The first-order chi connectivity index (χ1) is 10.2. The van der Waals surface area contributed by atoms with Gasteiger partial charge in [0.25, 0.3) is 0 Å². The highest BCUT2D eigenvalue weighted by atomic mass is 35.5. The Morgan fingerprint density at radius 3 is 2.67 bits per heavy atom. The van der Waals surface area contributed by atoms with Crippen LogP contribution in [0.1, 0.15) is 39.0 Å². The van der Waals surface area contributed by atoms with E-state index < -0.39 is 0 Å². The van der Waals surface area contributed by atoms with E-state index in [1.54, 1.807) is 0 Å². The van der Waals surface area contributed by atoms with Crippen LogP contribution in [0.15, 0.2) is 0 Å². The third-order valence-electron chi connectivity index (χ3n) is 4.92. The number of rotatable bonds is 4. The predicted molar refractivity (Wildman–Crippen MR) is 83.2 cm³/mol. The Bertz CT molecular complexity index is 326. The second kappa shape index (κ2) is 7.55. The summed E-state index contributed by atoms with van der Waals surface area (Å²) in [7, 11) is 0. The number of hydrogen-bond acceptors (Lipinski definition) is 6. The fourth-order valence-electron chi connectivity index (χ4n) is 3.59. The zero-order valence-corrected chi connectivity index (χ0v) is 13.5. The summed E-state index contributed by atoms with van der Waals surface area (Å²) in [5.74, 6) is 1.47. The number of hydroxylamine groups is 1. The van der Waals surface area contributed by atoms with Gasteiger partial charge in [0.2, 0.25) is 0 Å². The molecule has 7 heteroatoms. The largest absolute Gasteiger partial charge is 0.302 e. The van der Waals surface area contributed by atoms with Crippen LogP contribution in [0.5, 0.6) is 0 Å². The molecule has 3 rings (SSSR count). The van der Waals surface area contributed by atoms with Crippen molar-refractivity contribution in [2.75, 3.05) is 13.2 Å². The maximum atomic E-state index is 6.12. The predicted octanol–water partition coefficient (Wildman–Crippen LogP) is 0.610. The lowest BCUT2D eigenvalue weighted by Crippen LogP contribution is -2.55. The molecule has 1 saturated carbocycles. The van der Waals surface area contributed by atoms with Gasteiger partial charge in [0.15, 0.2) is 0 Å². The maximum absolute atomic E-state index is 6.12. The molecule has 3 fully saturated rings. The van der Waals surface area contributed by atoms with Crippen LogP contribution in [-0.4, -0.2) is 37.3 Å². The molecule has 6 nitrogen and oxygen atoms in total. The van der Waals surface area contributed by atoms with Gasteiger partial charge in [-0.1, -0.05) is 0 Å². The lowest BCUT2D eigenvalue weighted by atomic mass is 9.80. The summed E-state index contributed by atoms with van der Waals surface area (Å²) < 4.78 is 0. The lowest BCUT2D eigenvalue weighted by Gasteiger charge is -2.34. The van der Waals surface area contributed by atoms with Crippen molar-refractivity contribution < 1.29 is 4.84 Å². The van der Waals surface area contributed by atoms with Gasteiger partial charge in [-0.25, -0.2) is 0 Å². The zero-order chi connectivity index (χ0) is 14.7. The summed E-state index contributed by atoms with van der Waals surface area (Å²) in [4.78, 5) is 5.38. The molecule has 0 aromatic rings.